The van der Waals surface area contributed by atoms with Crippen molar-refractivity contribution in [2.75, 3.05) is 0 Å². The van der Waals surface area contributed by atoms with E-state index in [0.717, 1.165) is 25.8 Å². The summed E-state index contributed by atoms with van der Waals surface area (Å²) in [5.41, 5.74) is 1.79. The molecule has 0 fully saturated rings. The minimum atomic E-state index is -0.523. The molecule has 1 aromatic heterocycles. The van der Waals surface area contributed by atoms with E-state index in [4.69, 9.17) is 4.74 Å². The number of hydrogen-bond donors (Lipinski definition) is 1. The van der Waals surface area contributed by atoms with Crippen molar-refractivity contribution >= 4 is 31.9 Å². The van der Waals surface area contributed by atoms with Crippen LogP contribution < -0.4 is 4.74 Å². The highest BCUT2D eigenvalue weighted by atomic mass is 79.9. The first-order chi connectivity index (χ1) is 9.13. The van der Waals surface area contributed by atoms with Crippen LogP contribution in [0.2, 0.25) is 0 Å². The number of aliphatic hydroxyl groups excluding tert-OH is 1. The van der Waals surface area contributed by atoms with Crippen LogP contribution in [-0.4, -0.2) is 10.1 Å². The second kappa shape index (κ2) is 5.23. The van der Waals surface area contributed by atoms with Gasteiger partial charge in [-0.15, -0.1) is 0 Å². The molecule has 0 saturated heterocycles. The highest BCUT2D eigenvalue weighted by molar-refractivity contribution is 9.10. The van der Waals surface area contributed by atoms with Gasteiger partial charge in [-0.3, -0.25) is 4.98 Å². The molecule has 1 aromatic carbocycles. The Kier molecular flexibility index (Phi) is 3.60. The van der Waals surface area contributed by atoms with Gasteiger partial charge in [0.1, 0.15) is 11.9 Å². The van der Waals surface area contributed by atoms with E-state index in [9.17, 15) is 5.11 Å². The molecule has 1 aliphatic rings. The first kappa shape index (κ1) is 13.1. The van der Waals surface area contributed by atoms with E-state index in [2.05, 4.69) is 36.8 Å². The van der Waals surface area contributed by atoms with Crippen LogP contribution in [0.3, 0.4) is 0 Å². The Morgan fingerprint density at radius 3 is 2.79 bits per heavy atom. The van der Waals surface area contributed by atoms with E-state index in [1.165, 1.54) is 0 Å². The lowest BCUT2D eigenvalue weighted by atomic mass is 9.96. The molecule has 1 N–H and O–H groups in total. The summed E-state index contributed by atoms with van der Waals surface area (Å²) in [4.78, 5) is 4.14. The predicted octanol–water partition coefficient (Wildman–Crippen LogP) is 4.16. The third kappa shape index (κ3) is 2.68. The topological polar surface area (TPSA) is 42.4 Å². The highest BCUT2D eigenvalue weighted by Crippen LogP contribution is 2.41. The zero-order valence-electron chi connectivity index (χ0n) is 9.88. The maximum Gasteiger partial charge on any atom is 0.128 e. The Morgan fingerprint density at radius 2 is 2.00 bits per heavy atom. The van der Waals surface area contributed by atoms with Crippen molar-refractivity contribution in [1.29, 1.82) is 0 Å². The predicted molar refractivity (Wildman–Crippen MR) is 79.0 cm³/mol. The first-order valence-corrected chi connectivity index (χ1v) is 7.46. The molecular formula is C14H11Br2NO2. The smallest absolute Gasteiger partial charge is 0.128 e. The van der Waals surface area contributed by atoms with Crippen molar-refractivity contribution in [3.63, 3.8) is 0 Å². The Hall–Kier alpha value is -0.910. The normalized spacial score (nSPS) is 21.6. The van der Waals surface area contributed by atoms with Gasteiger partial charge in [0.05, 0.1) is 6.10 Å². The summed E-state index contributed by atoms with van der Waals surface area (Å²) in [6.45, 7) is 0. The maximum absolute atomic E-state index is 10.3. The fourth-order valence-corrected chi connectivity index (χ4v) is 2.99. The molecule has 0 aliphatic carbocycles. The molecule has 5 heteroatoms. The van der Waals surface area contributed by atoms with E-state index >= 15 is 0 Å². The first-order valence-electron chi connectivity index (χ1n) is 5.88. The van der Waals surface area contributed by atoms with Crippen LogP contribution in [-0.2, 0) is 0 Å². The molecule has 3 nitrogen and oxygen atoms in total. The lowest BCUT2D eigenvalue weighted by Gasteiger charge is -2.30. The summed E-state index contributed by atoms with van der Waals surface area (Å²) >= 11 is 6.80. The van der Waals surface area contributed by atoms with Gasteiger partial charge >= 0.3 is 0 Å². The van der Waals surface area contributed by atoms with Gasteiger partial charge in [0.2, 0.25) is 0 Å². The second-order valence-electron chi connectivity index (χ2n) is 4.48. The minimum Gasteiger partial charge on any atom is -0.485 e. The molecule has 2 atom stereocenters. The second-order valence-corrected chi connectivity index (χ2v) is 6.31. The number of ether oxygens (including phenoxy) is 1. The Bertz CT molecular complexity index is 618. The highest BCUT2D eigenvalue weighted by Gasteiger charge is 2.28. The third-order valence-electron chi connectivity index (χ3n) is 3.14. The maximum atomic E-state index is 10.3. The summed E-state index contributed by atoms with van der Waals surface area (Å²) in [5.74, 6) is 0.729. The lowest BCUT2D eigenvalue weighted by molar-refractivity contribution is 0.0655. The molecule has 98 valence electrons. The van der Waals surface area contributed by atoms with Crippen molar-refractivity contribution in [3.05, 3.63) is 56.7 Å². The molecular weight excluding hydrogens is 374 g/mol. The molecule has 0 saturated carbocycles. The number of fused-ring (bicyclic) bond motifs is 1. The van der Waals surface area contributed by atoms with Gasteiger partial charge in [0, 0.05) is 38.9 Å². The minimum absolute atomic E-state index is 0.173. The van der Waals surface area contributed by atoms with Crippen molar-refractivity contribution < 1.29 is 9.84 Å². The number of aromatic nitrogens is 1. The number of nitrogens with zero attached hydrogens (tertiary/aromatic N) is 1. The van der Waals surface area contributed by atoms with Crippen LogP contribution >= 0.6 is 31.9 Å². The average Bonchev–Trinajstić information content (AvgIpc) is 2.39. The molecule has 2 aromatic rings. The Balaban J connectivity index is 1.95. The van der Waals surface area contributed by atoms with Gasteiger partial charge in [-0.1, -0.05) is 15.9 Å². The van der Waals surface area contributed by atoms with Crippen LogP contribution in [0.4, 0.5) is 0 Å². The molecule has 0 amide bonds. The van der Waals surface area contributed by atoms with Crippen LogP contribution in [0.5, 0.6) is 5.75 Å². The lowest BCUT2D eigenvalue weighted by Crippen LogP contribution is -2.19. The Labute approximate surface area is 127 Å². The third-order valence-corrected chi connectivity index (χ3v) is 4.06. The number of benzene rings is 1. The Morgan fingerprint density at radius 1 is 1.16 bits per heavy atom. The van der Waals surface area contributed by atoms with Crippen LogP contribution in [0.15, 0.2) is 45.6 Å². The zero-order valence-corrected chi connectivity index (χ0v) is 13.1. The molecule has 0 radical (unpaired) electrons. The molecule has 19 heavy (non-hydrogen) atoms. The van der Waals surface area contributed by atoms with E-state index in [-0.39, 0.29) is 6.10 Å². The van der Waals surface area contributed by atoms with E-state index in [1.807, 2.05) is 24.3 Å². The molecule has 0 spiro atoms. The van der Waals surface area contributed by atoms with Gasteiger partial charge in [0.25, 0.3) is 0 Å². The largest absolute Gasteiger partial charge is 0.485 e. The summed E-state index contributed by atoms with van der Waals surface area (Å²) in [5, 5.41) is 10.3. The number of aliphatic hydroxyl groups is 1. The number of hydrogen-bond acceptors (Lipinski definition) is 3. The number of pyridine rings is 1. The van der Waals surface area contributed by atoms with Gasteiger partial charge in [-0.25, -0.2) is 0 Å². The summed E-state index contributed by atoms with van der Waals surface area (Å²) in [6.07, 6.45) is 3.33. The van der Waals surface area contributed by atoms with E-state index in [0.29, 0.717) is 6.42 Å². The molecule has 3 rings (SSSR count). The van der Waals surface area contributed by atoms with Gasteiger partial charge in [0.15, 0.2) is 0 Å². The standard InChI is InChI=1S/C14H11Br2NO2/c15-9-1-2-13-11(4-9)12(18)5-14(19-13)8-3-10(16)7-17-6-8/h1-4,6-7,12,14,18H,5H2/t12-,14?/m0/s1. The van der Waals surface area contributed by atoms with E-state index < -0.39 is 6.10 Å². The fourth-order valence-electron chi connectivity index (χ4n) is 2.23. The molecule has 1 aliphatic heterocycles. The molecule has 0 bridgehead atoms. The summed E-state index contributed by atoms with van der Waals surface area (Å²) in [7, 11) is 0. The van der Waals surface area contributed by atoms with Gasteiger partial charge < -0.3 is 9.84 Å². The SMILES string of the molecule is O[C@H]1CC(c2cncc(Br)c2)Oc2ccc(Br)cc21. The van der Waals surface area contributed by atoms with E-state index in [1.54, 1.807) is 12.4 Å². The van der Waals surface area contributed by atoms with Crippen LogP contribution in [0, 0.1) is 0 Å². The summed E-state index contributed by atoms with van der Waals surface area (Å²) < 4.78 is 7.81. The monoisotopic (exact) mass is 383 g/mol. The van der Waals surface area contributed by atoms with Crippen molar-refractivity contribution in [1.82, 2.24) is 4.98 Å². The van der Waals surface area contributed by atoms with Gasteiger partial charge in [-0.05, 0) is 40.2 Å². The van der Waals surface area contributed by atoms with Crippen molar-refractivity contribution in [3.8, 4) is 5.75 Å². The summed E-state index contributed by atoms with van der Waals surface area (Å²) in [6, 6.07) is 7.65. The number of halogens is 2. The van der Waals surface area contributed by atoms with Crippen molar-refractivity contribution in [2.45, 2.75) is 18.6 Å². The van der Waals surface area contributed by atoms with Crippen molar-refractivity contribution in [2.24, 2.45) is 0 Å². The quantitative estimate of drug-likeness (QED) is 0.802. The van der Waals surface area contributed by atoms with Crippen LogP contribution in [0.25, 0.3) is 0 Å². The molecule has 1 unspecified atom stereocenters. The molecule has 2 heterocycles. The zero-order chi connectivity index (χ0) is 13.4. The number of rotatable bonds is 1. The van der Waals surface area contributed by atoms with Gasteiger partial charge in [-0.2, -0.15) is 0 Å². The fraction of sp³-hybridized carbons (Fsp3) is 0.214. The van der Waals surface area contributed by atoms with Crippen LogP contribution in [0.1, 0.15) is 29.8 Å². The average molecular weight is 385 g/mol.